The summed E-state index contributed by atoms with van der Waals surface area (Å²) in [4.78, 5) is 20.0. The molecule has 0 unspecified atom stereocenters. The second-order valence-corrected chi connectivity index (χ2v) is 7.55. The van der Waals surface area contributed by atoms with Gasteiger partial charge in [0.1, 0.15) is 4.83 Å². The van der Waals surface area contributed by atoms with E-state index < -0.39 is 0 Å². The monoisotopic (exact) mass is 332 g/mol. The number of allylic oxidation sites excluding steroid dienone is 1. The smallest absolute Gasteiger partial charge is 0.268 e. The predicted octanol–water partition coefficient (Wildman–Crippen LogP) is 2.89. The van der Waals surface area contributed by atoms with Gasteiger partial charge in [0.05, 0.1) is 11.9 Å². The molecule has 1 aliphatic rings. The van der Waals surface area contributed by atoms with Crippen LogP contribution in [0.15, 0.2) is 22.1 Å². The van der Waals surface area contributed by atoms with Gasteiger partial charge in [-0.25, -0.2) is 14.1 Å². The van der Waals surface area contributed by atoms with Gasteiger partial charge < -0.3 is 0 Å². The third-order valence-corrected chi connectivity index (χ3v) is 5.77. The number of thiophene rings is 1. The average molecular weight is 332 g/mol. The van der Waals surface area contributed by atoms with E-state index in [1.54, 1.807) is 20.4 Å². The molecule has 5 nitrogen and oxygen atoms in total. The lowest BCUT2D eigenvalue weighted by molar-refractivity contribution is 0.674. The van der Waals surface area contributed by atoms with E-state index in [1.165, 1.54) is 22.2 Å². The van der Waals surface area contributed by atoms with E-state index in [2.05, 4.69) is 11.7 Å². The van der Waals surface area contributed by atoms with E-state index in [4.69, 9.17) is 4.98 Å². The van der Waals surface area contributed by atoms with Gasteiger partial charge in [0.15, 0.2) is 5.16 Å². The molecule has 0 radical (unpaired) electrons. The lowest BCUT2D eigenvalue weighted by atomic mass is 10.2. The first-order valence-electron chi connectivity index (χ1n) is 7.22. The number of aryl methyl sites for hydroxylation is 2. The van der Waals surface area contributed by atoms with Crippen molar-refractivity contribution >= 4 is 39.1 Å². The van der Waals surface area contributed by atoms with Crippen molar-refractivity contribution in [3.8, 4) is 0 Å². The second-order valence-electron chi connectivity index (χ2n) is 5.69. The molecule has 0 saturated heterocycles. The van der Waals surface area contributed by atoms with E-state index in [0.717, 1.165) is 35.1 Å². The molecule has 114 valence electrons. The van der Waals surface area contributed by atoms with E-state index in [1.807, 2.05) is 13.2 Å². The van der Waals surface area contributed by atoms with Crippen LogP contribution in [0.1, 0.15) is 23.8 Å². The Bertz CT molecular complexity index is 979. The molecule has 0 bridgehead atoms. The molecule has 7 heteroatoms. The van der Waals surface area contributed by atoms with Crippen molar-refractivity contribution in [3.05, 3.63) is 32.9 Å². The maximum atomic E-state index is 13.0. The van der Waals surface area contributed by atoms with Crippen LogP contribution >= 0.6 is 23.1 Å². The van der Waals surface area contributed by atoms with E-state index in [9.17, 15) is 4.79 Å². The molecule has 0 N–H and O–H groups in total. The second kappa shape index (κ2) is 4.96. The molecule has 4 rings (SSSR count). The molecule has 3 aromatic rings. The van der Waals surface area contributed by atoms with Crippen LogP contribution in [0, 0.1) is 0 Å². The third kappa shape index (κ3) is 1.88. The summed E-state index contributed by atoms with van der Waals surface area (Å²) < 4.78 is 3.43. The van der Waals surface area contributed by atoms with Crippen molar-refractivity contribution in [2.75, 3.05) is 6.26 Å². The van der Waals surface area contributed by atoms with Crippen LogP contribution in [0.3, 0.4) is 0 Å². The van der Waals surface area contributed by atoms with E-state index in [-0.39, 0.29) is 5.56 Å². The number of hydrogen-bond donors (Lipinski definition) is 0. The average Bonchev–Trinajstić information content (AvgIpc) is 3.11. The third-order valence-electron chi connectivity index (χ3n) is 3.95. The molecule has 0 aliphatic heterocycles. The minimum absolute atomic E-state index is 0.0247. The van der Waals surface area contributed by atoms with Gasteiger partial charge in [-0.2, -0.15) is 0 Å². The molecular weight excluding hydrogens is 316 g/mol. The summed E-state index contributed by atoms with van der Waals surface area (Å²) in [6.07, 6.45) is 5.14. The summed E-state index contributed by atoms with van der Waals surface area (Å²) in [5.41, 5.74) is 2.23. The van der Waals surface area contributed by atoms with Gasteiger partial charge in [-0.3, -0.25) is 4.79 Å². The van der Waals surface area contributed by atoms with Crippen molar-refractivity contribution in [2.45, 2.75) is 37.9 Å². The van der Waals surface area contributed by atoms with Gasteiger partial charge in [-0.1, -0.05) is 23.9 Å². The number of fused-ring (bicyclic) bond motifs is 4. The molecule has 0 spiro atoms. The minimum Gasteiger partial charge on any atom is -0.268 e. The van der Waals surface area contributed by atoms with Crippen LogP contribution in [0.5, 0.6) is 0 Å². The van der Waals surface area contributed by atoms with Gasteiger partial charge >= 0.3 is 0 Å². The highest BCUT2D eigenvalue weighted by Crippen LogP contribution is 2.35. The molecule has 0 amide bonds. The van der Waals surface area contributed by atoms with Crippen LogP contribution in [-0.4, -0.2) is 25.4 Å². The van der Waals surface area contributed by atoms with Crippen LogP contribution in [0.4, 0.5) is 0 Å². The summed E-state index contributed by atoms with van der Waals surface area (Å²) in [5, 5.41) is 6.02. The number of nitrogens with zero attached hydrogens (tertiary/aromatic N) is 4. The fraction of sp³-hybridized carbons (Fsp3) is 0.400. The highest BCUT2D eigenvalue weighted by molar-refractivity contribution is 7.98. The summed E-state index contributed by atoms with van der Waals surface area (Å²) in [7, 11) is 0. The number of aromatic nitrogens is 4. The molecule has 0 atom stereocenters. The van der Waals surface area contributed by atoms with E-state index in [0.29, 0.717) is 17.5 Å². The van der Waals surface area contributed by atoms with Crippen molar-refractivity contribution < 1.29 is 0 Å². The molecule has 1 aliphatic carbocycles. The van der Waals surface area contributed by atoms with Gasteiger partial charge in [-0.15, -0.1) is 16.4 Å². The number of rotatable bonds is 3. The standard InChI is InChI=1S/C15H16N4OS2/c1-8(2)7-18-14-16-12-11(9-5-4-6-10(9)22-12)13(20)19(14)15(17-18)21-3/h1,4-7H2,2-3H3. The fourth-order valence-electron chi connectivity index (χ4n) is 3.06. The highest BCUT2D eigenvalue weighted by Gasteiger charge is 2.24. The quantitative estimate of drug-likeness (QED) is 0.547. The van der Waals surface area contributed by atoms with Gasteiger partial charge in [-0.05, 0) is 38.0 Å². The van der Waals surface area contributed by atoms with Crippen LogP contribution < -0.4 is 5.56 Å². The van der Waals surface area contributed by atoms with Crippen molar-refractivity contribution in [1.29, 1.82) is 0 Å². The summed E-state index contributed by atoms with van der Waals surface area (Å²) in [5.74, 6) is 0.616. The maximum absolute atomic E-state index is 13.0. The lowest BCUT2D eigenvalue weighted by Gasteiger charge is -2.01. The topological polar surface area (TPSA) is 52.2 Å². The fourth-order valence-corrected chi connectivity index (χ4v) is 4.84. The maximum Gasteiger partial charge on any atom is 0.270 e. The Morgan fingerprint density at radius 2 is 2.27 bits per heavy atom. The zero-order valence-corrected chi connectivity index (χ0v) is 14.2. The summed E-state index contributed by atoms with van der Waals surface area (Å²) >= 11 is 3.13. The Kier molecular flexibility index (Phi) is 3.16. The predicted molar refractivity (Wildman–Crippen MR) is 91.3 cm³/mol. The zero-order chi connectivity index (χ0) is 15.4. The van der Waals surface area contributed by atoms with Gasteiger partial charge in [0, 0.05) is 4.88 Å². The normalized spacial score (nSPS) is 14.1. The summed E-state index contributed by atoms with van der Waals surface area (Å²) in [6, 6.07) is 0. The summed E-state index contributed by atoms with van der Waals surface area (Å²) in [6.45, 7) is 6.47. The largest absolute Gasteiger partial charge is 0.270 e. The minimum atomic E-state index is 0.0247. The van der Waals surface area contributed by atoms with Crippen molar-refractivity contribution in [1.82, 2.24) is 19.2 Å². The van der Waals surface area contributed by atoms with Crippen LogP contribution in [0.25, 0.3) is 16.0 Å². The molecule has 0 aromatic carbocycles. The van der Waals surface area contributed by atoms with Crippen LogP contribution in [0.2, 0.25) is 0 Å². The number of thioether (sulfide) groups is 1. The van der Waals surface area contributed by atoms with E-state index >= 15 is 0 Å². The van der Waals surface area contributed by atoms with Crippen LogP contribution in [-0.2, 0) is 19.4 Å². The molecule has 3 heterocycles. The van der Waals surface area contributed by atoms with Crippen molar-refractivity contribution in [2.24, 2.45) is 0 Å². The molecule has 0 fully saturated rings. The van der Waals surface area contributed by atoms with Gasteiger partial charge in [0.25, 0.3) is 5.56 Å². The Balaban J connectivity index is 2.12. The molecule has 3 aromatic heterocycles. The Hall–Kier alpha value is -1.60. The first kappa shape index (κ1) is 14.0. The first-order chi connectivity index (χ1) is 10.6. The molecule has 0 saturated carbocycles. The first-order valence-corrected chi connectivity index (χ1v) is 9.26. The van der Waals surface area contributed by atoms with Gasteiger partial charge in [0.2, 0.25) is 5.78 Å². The SMILES string of the molecule is C=C(C)Cn1nc(SC)n2c(=O)c3c4c(sc3nc12)CCC4. The Morgan fingerprint density at radius 1 is 1.45 bits per heavy atom. The Morgan fingerprint density at radius 3 is 3.00 bits per heavy atom. The molecular formula is C15H16N4OS2. The number of hydrogen-bond acceptors (Lipinski definition) is 5. The Labute approximate surface area is 135 Å². The zero-order valence-electron chi connectivity index (χ0n) is 12.5. The lowest BCUT2D eigenvalue weighted by Crippen LogP contribution is -2.16. The highest BCUT2D eigenvalue weighted by atomic mass is 32.2. The van der Waals surface area contributed by atoms with Crippen molar-refractivity contribution in [3.63, 3.8) is 0 Å². The molecule has 22 heavy (non-hydrogen) atoms.